The van der Waals surface area contributed by atoms with Crippen LogP contribution in [-0.2, 0) is 5.54 Å². The van der Waals surface area contributed by atoms with Gasteiger partial charge >= 0.3 is 6.03 Å². The fourth-order valence-electron chi connectivity index (χ4n) is 4.10. The van der Waals surface area contributed by atoms with E-state index in [0.717, 1.165) is 42.6 Å². The molecule has 32 heavy (non-hydrogen) atoms. The highest BCUT2D eigenvalue weighted by Crippen LogP contribution is 2.28. The first-order chi connectivity index (χ1) is 15.1. The molecular formula is C24H35ClN6O. The maximum absolute atomic E-state index is 13.0. The molecule has 1 aliphatic carbocycles. The molecule has 0 spiro atoms. The summed E-state index contributed by atoms with van der Waals surface area (Å²) in [6, 6.07) is 8.08. The summed E-state index contributed by atoms with van der Waals surface area (Å²) < 4.78 is 0. The Morgan fingerprint density at radius 3 is 2.25 bits per heavy atom. The van der Waals surface area contributed by atoms with Gasteiger partial charge in [-0.2, -0.15) is 4.98 Å². The van der Waals surface area contributed by atoms with Crippen LogP contribution in [0.15, 0.2) is 30.5 Å². The lowest BCUT2D eigenvalue weighted by Crippen LogP contribution is -2.51. The zero-order valence-electron chi connectivity index (χ0n) is 19.9. The molecule has 2 amide bonds. The first-order valence-corrected chi connectivity index (χ1v) is 11.5. The van der Waals surface area contributed by atoms with E-state index in [-0.39, 0.29) is 12.1 Å². The van der Waals surface area contributed by atoms with Gasteiger partial charge in [0, 0.05) is 50.0 Å². The number of hydrogen-bond acceptors (Lipinski definition) is 5. The Morgan fingerprint density at radius 1 is 1.06 bits per heavy atom. The molecule has 1 saturated carbocycles. The number of carbonyl (C=O) groups is 1. The Labute approximate surface area is 196 Å². The topological polar surface area (TPSA) is 73.4 Å². The van der Waals surface area contributed by atoms with Crippen LogP contribution in [0.5, 0.6) is 0 Å². The molecule has 174 valence electrons. The summed E-state index contributed by atoms with van der Waals surface area (Å²) in [6.07, 6.45) is 5.62. The van der Waals surface area contributed by atoms with Crippen molar-refractivity contribution in [1.29, 1.82) is 0 Å². The molecule has 2 N–H and O–H groups in total. The molecule has 1 fully saturated rings. The van der Waals surface area contributed by atoms with Crippen LogP contribution >= 0.6 is 11.6 Å². The highest BCUT2D eigenvalue weighted by molar-refractivity contribution is 6.30. The molecule has 0 atom stereocenters. The molecule has 0 radical (unpaired) electrons. The standard InChI is InChI=1S/C24H35ClN6O/c1-16-15-26-22(29-21(16)30(4)5)27-19-11-13-20(14-12-19)28-23(32)31(6)24(2,3)17-7-9-18(25)10-8-17/h7-10,15,19-20H,11-14H2,1-6H3,(H,28,32)(H,26,27,29)/t19-,20+. The molecule has 0 bridgehead atoms. The molecule has 0 unspecified atom stereocenters. The van der Waals surface area contributed by atoms with Crippen LogP contribution in [0.25, 0.3) is 0 Å². The van der Waals surface area contributed by atoms with Crippen molar-refractivity contribution in [3.63, 3.8) is 0 Å². The lowest BCUT2D eigenvalue weighted by Gasteiger charge is -2.38. The zero-order chi connectivity index (χ0) is 23.5. The molecule has 3 rings (SSSR count). The van der Waals surface area contributed by atoms with Crippen molar-refractivity contribution in [1.82, 2.24) is 20.2 Å². The molecule has 0 aliphatic heterocycles. The van der Waals surface area contributed by atoms with E-state index < -0.39 is 5.54 Å². The summed E-state index contributed by atoms with van der Waals surface area (Å²) in [5, 5.41) is 7.38. The Hall–Kier alpha value is -2.54. The maximum Gasteiger partial charge on any atom is 0.318 e. The van der Waals surface area contributed by atoms with Crippen LogP contribution in [0.4, 0.5) is 16.6 Å². The number of nitrogens with zero attached hydrogens (tertiary/aromatic N) is 4. The average molecular weight is 459 g/mol. The predicted molar refractivity (Wildman–Crippen MR) is 132 cm³/mol. The first-order valence-electron chi connectivity index (χ1n) is 11.2. The summed E-state index contributed by atoms with van der Waals surface area (Å²) in [6.45, 7) is 6.10. The van der Waals surface area contributed by atoms with Gasteiger partial charge in [0.15, 0.2) is 0 Å². The second-order valence-corrected chi connectivity index (χ2v) is 9.80. The maximum atomic E-state index is 13.0. The SMILES string of the molecule is Cc1cnc(N[C@H]2CC[C@@H](NC(=O)N(C)C(C)(C)c3ccc(Cl)cc3)CC2)nc1N(C)C. The Kier molecular flexibility index (Phi) is 7.49. The molecule has 8 heteroatoms. The Bertz CT molecular complexity index is 923. The normalized spacial score (nSPS) is 18.7. The third-order valence-corrected chi connectivity index (χ3v) is 6.70. The van der Waals surface area contributed by atoms with Gasteiger partial charge in [0.05, 0.1) is 5.54 Å². The molecule has 1 aromatic heterocycles. The quantitative estimate of drug-likeness (QED) is 0.650. The second kappa shape index (κ2) is 9.94. The monoisotopic (exact) mass is 458 g/mol. The number of amides is 2. The number of anilines is 2. The van der Waals surface area contributed by atoms with Gasteiger partial charge in [-0.15, -0.1) is 0 Å². The third kappa shape index (κ3) is 5.63. The summed E-state index contributed by atoms with van der Waals surface area (Å²) in [5.41, 5.74) is 1.65. The summed E-state index contributed by atoms with van der Waals surface area (Å²) in [5.74, 6) is 1.59. The van der Waals surface area contributed by atoms with E-state index >= 15 is 0 Å². The number of urea groups is 1. The number of rotatable bonds is 6. The molecule has 7 nitrogen and oxygen atoms in total. The minimum Gasteiger partial charge on any atom is -0.362 e. The number of hydrogen-bond donors (Lipinski definition) is 2. The molecular weight excluding hydrogens is 424 g/mol. The third-order valence-electron chi connectivity index (χ3n) is 6.45. The van der Waals surface area contributed by atoms with Crippen molar-refractivity contribution in [3.8, 4) is 0 Å². The molecule has 2 aromatic rings. The fourth-order valence-corrected chi connectivity index (χ4v) is 4.22. The first kappa shape index (κ1) is 24.1. The lowest BCUT2D eigenvalue weighted by atomic mass is 9.91. The van der Waals surface area contributed by atoms with Crippen molar-refractivity contribution in [2.24, 2.45) is 0 Å². The molecule has 1 aromatic carbocycles. The minimum atomic E-state index is -0.444. The summed E-state index contributed by atoms with van der Waals surface area (Å²) in [4.78, 5) is 25.8. The van der Waals surface area contributed by atoms with Gasteiger partial charge in [-0.1, -0.05) is 23.7 Å². The van der Waals surface area contributed by atoms with E-state index in [1.165, 1.54) is 0 Å². The average Bonchev–Trinajstić information content (AvgIpc) is 2.76. The highest BCUT2D eigenvalue weighted by atomic mass is 35.5. The van der Waals surface area contributed by atoms with E-state index in [9.17, 15) is 4.79 Å². The number of carbonyl (C=O) groups excluding carboxylic acids is 1. The van der Waals surface area contributed by atoms with Crippen LogP contribution in [0.2, 0.25) is 5.02 Å². The minimum absolute atomic E-state index is 0.0566. The Balaban J connectivity index is 1.52. The van der Waals surface area contributed by atoms with Gasteiger partial charge in [0.2, 0.25) is 5.95 Å². The van der Waals surface area contributed by atoms with E-state index in [0.29, 0.717) is 17.0 Å². The largest absolute Gasteiger partial charge is 0.362 e. The number of benzene rings is 1. The Morgan fingerprint density at radius 2 is 1.66 bits per heavy atom. The van der Waals surface area contributed by atoms with E-state index in [1.54, 1.807) is 4.90 Å². The number of halogens is 1. The molecule has 1 heterocycles. The fraction of sp³-hybridized carbons (Fsp3) is 0.542. The van der Waals surface area contributed by atoms with Crippen LogP contribution in [0.3, 0.4) is 0 Å². The van der Waals surface area contributed by atoms with Gasteiger partial charge in [-0.05, 0) is 64.2 Å². The molecule has 0 saturated heterocycles. The predicted octanol–water partition coefficient (Wildman–Crippen LogP) is 4.80. The zero-order valence-corrected chi connectivity index (χ0v) is 20.7. The van der Waals surface area contributed by atoms with Crippen molar-refractivity contribution >= 4 is 29.4 Å². The smallest absolute Gasteiger partial charge is 0.318 e. The van der Waals surface area contributed by atoms with Crippen molar-refractivity contribution in [2.45, 2.75) is 64.1 Å². The lowest BCUT2D eigenvalue weighted by molar-refractivity contribution is 0.150. The van der Waals surface area contributed by atoms with Gasteiger partial charge < -0.3 is 20.4 Å². The van der Waals surface area contributed by atoms with Crippen LogP contribution in [0.1, 0.15) is 50.7 Å². The van der Waals surface area contributed by atoms with Gasteiger partial charge in [0.1, 0.15) is 5.82 Å². The van der Waals surface area contributed by atoms with Crippen molar-refractivity contribution in [3.05, 3.63) is 46.6 Å². The van der Waals surface area contributed by atoms with Crippen molar-refractivity contribution in [2.75, 3.05) is 31.4 Å². The number of aromatic nitrogens is 2. The second-order valence-electron chi connectivity index (χ2n) is 9.36. The summed E-state index contributed by atoms with van der Waals surface area (Å²) in [7, 11) is 5.81. The van der Waals surface area contributed by atoms with Gasteiger partial charge in [0.25, 0.3) is 0 Å². The number of aryl methyl sites for hydroxylation is 1. The van der Waals surface area contributed by atoms with Crippen LogP contribution in [0, 0.1) is 6.92 Å². The van der Waals surface area contributed by atoms with Gasteiger partial charge in [-0.3, -0.25) is 0 Å². The van der Waals surface area contributed by atoms with Crippen LogP contribution in [-0.4, -0.2) is 54.1 Å². The summed E-state index contributed by atoms with van der Waals surface area (Å²) >= 11 is 6.02. The van der Waals surface area contributed by atoms with Crippen molar-refractivity contribution < 1.29 is 4.79 Å². The van der Waals surface area contributed by atoms with Gasteiger partial charge in [-0.25, -0.2) is 9.78 Å². The van der Waals surface area contributed by atoms with E-state index in [1.807, 2.05) is 77.3 Å². The number of nitrogens with one attached hydrogen (secondary N) is 2. The highest BCUT2D eigenvalue weighted by Gasteiger charge is 2.31. The molecule has 1 aliphatic rings. The van der Waals surface area contributed by atoms with E-state index in [4.69, 9.17) is 11.6 Å². The van der Waals surface area contributed by atoms with E-state index in [2.05, 4.69) is 20.6 Å². The van der Waals surface area contributed by atoms with Crippen LogP contribution < -0.4 is 15.5 Å².